The molecule has 3 heteroatoms. The van der Waals surface area contributed by atoms with Crippen molar-refractivity contribution in [2.24, 2.45) is 5.92 Å². The quantitative estimate of drug-likeness (QED) is 0.818. The molecule has 0 unspecified atom stereocenters. The molecule has 2 rings (SSSR count). The van der Waals surface area contributed by atoms with E-state index < -0.39 is 0 Å². The average molecular weight is 234 g/mol. The Kier molecular flexibility index (Phi) is 4.65. The van der Waals surface area contributed by atoms with Crippen molar-refractivity contribution in [1.29, 1.82) is 0 Å². The summed E-state index contributed by atoms with van der Waals surface area (Å²) in [5.74, 6) is 1.64. The van der Waals surface area contributed by atoms with Crippen LogP contribution in [0.4, 0.5) is 5.69 Å². The predicted molar refractivity (Wildman–Crippen MR) is 70.5 cm³/mol. The van der Waals surface area contributed by atoms with Crippen LogP contribution < -0.4 is 10.1 Å². The van der Waals surface area contributed by atoms with Crippen LogP contribution in [-0.4, -0.2) is 18.1 Å². The molecule has 0 radical (unpaired) electrons. The van der Waals surface area contributed by atoms with E-state index in [1.807, 2.05) is 12.3 Å². The normalized spacial score (nSPS) is 16.1. The highest BCUT2D eigenvalue weighted by molar-refractivity contribution is 5.44. The summed E-state index contributed by atoms with van der Waals surface area (Å²) in [7, 11) is 0. The van der Waals surface area contributed by atoms with Gasteiger partial charge in [-0.1, -0.05) is 19.8 Å². The fraction of sp³-hybridized carbons (Fsp3) is 0.643. The zero-order valence-electron chi connectivity index (χ0n) is 10.6. The molecule has 0 bridgehead atoms. The number of hydrogen-bond donors (Lipinski definition) is 1. The number of nitrogens with zero attached hydrogens (tertiary/aromatic N) is 1. The van der Waals surface area contributed by atoms with E-state index in [0.717, 1.165) is 36.9 Å². The lowest BCUT2D eigenvalue weighted by Crippen LogP contribution is -2.08. The Bertz CT molecular complexity index is 335. The summed E-state index contributed by atoms with van der Waals surface area (Å²) in [4.78, 5) is 4.20. The highest BCUT2D eigenvalue weighted by Crippen LogP contribution is 2.25. The molecule has 1 aromatic rings. The van der Waals surface area contributed by atoms with Crippen molar-refractivity contribution in [3.8, 4) is 5.75 Å². The molecule has 1 aliphatic rings. The van der Waals surface area contributed by atoms with E-state index in [1.165, 1.54) is 25.7 Å². The van der Waals surface area contributed by atoms with Crippen molar-refractivity contribution in [2.45, 2.75) is 39.0 Å². The summed E-state index contributed by atoms with van der Waals surface area (Å²) in [6.45, 7) is 3.98. The molecule has 0 aliphatic heterocycles. The summed E-state index contributed by atoms with van der Waals surface area (Å²) in [5, 5.41) is 3.32. The Hall–Kier alpha value is -1.25. The molecule has 0 saturated heterocycles. The van der Waals surface area contributed by atoms with Crippen LogP contribution in [0.1, 0.15) is 39.0 Å². The fourth-order valence-corrected chi connectivity index (χ4v) is 2.25. The molecular weight excluding hydrogens is 212 g/mol. The van der Waals surface area contributed by atoms with Crippen molar-refractivity contribution < 1.29 is 4.74 Å². The first-order valence-corrected chi connectivity index (χ1v) is 6.70. The SMILES string of the molecule is CCCNc1cncc(OCC2CCCC2)c1. The van der Waals surface area contributed by atoms with Crippen LogP contribution in [0, 0.1) is 5.92 Å². The molecule has 1 N–H and O–H groups in total. The minimum absolute atomic E-state index is 0.752. The Morgan fingerprint density at radius 1 is 1.35 bits per heavy atom. The minimum atomic E-state index is 0.752. The Morgan fingerprint density at radius 3 is 2.94 bits per heavy atom. The van der Waals surface area contributed by atoms with Gasteiger partial charge in [-0.3, -0.25) is 4.98 Å². The summed E-state index contributed by atoms with van der Waals surface area (Å²) < 4.78 is 5.81. The van der Waals surface area contributed by atoms with Crippen LogP contribution in [0.2, 0.25) is 0 Å². The lowest BCUT2D eigenvalue weighted by Gasteiger charge is -2.12. The van der Waals surface area contributed by atoms with E-state index in [4.69, 9.17) is 4.74 Å². The van der Waals surface area contributed by atoms with E-state index >= 15 is 0 Å². The van der Waals surface area contributed by atoms with Crippen LogP contribution >= 0.6 is 0 Å². The second-order valence-corrected chi connectivity index (χ2v) is 4.80. The Morgan fingerprint density at radius 2 is 2.18 bits per heavy atom. The number of ether oxygens (including phenoxy) is 1. The summed E-state index contributed by atoms with van der Waals surface area (Å²) >= 11 is 0. The topological polar surface area (TPSA) is 34.2 Å². The minimum Gasteiger partial charge on any atom is -0.492 e. The third kappa shape index (κ3) is 3.91. The Labute approximate surface area is 104 Å². The van der Waals surface area contributed by atoms with Crippen molar-refractivity contribution in [1.82, 2.24) is 4.98 Å². The third-order valence-corrected chi connectivity index (χ3v) is 3.25. The maximum Gasteiger partial charge on any atom is 0.139 e. The van der Waals surface area contributed by atoms with Crippen molar-refractivity contribution in [3.05, 3.63) is 18.5 Å². The lowest BCUT2D eigenvalue weighted by molar-refractivity contribution is 0.251. The zero-order valence-corrected chi connectivity index (χ0v) is 10.6. The molecule has 1 fully saturated rings. The fourth-order valence-electron chi connectivity index (χ4n) is 2.25. The maximum atomic E-state index is 5.81. The second kappa shape index (κ2) is 6.48. The molecular formula is C14H22N2O. The number of rotatable bonds is 6. The zero-order chi connectivity index (χ0) is 11.9. The van der Waals surface area contributed by atoms with Gasteiger partial charge in [0.05, 0.1) is 24.7 Å². The van der Waals surface area contributed by atoms with Crippen LogP contribution in [0.15, 0.2) is 18.5 Å². The van der Waals surface area contributed by atoms with Crippen LogP contribution in [-0.2, 0) is 0 Å². The smallest absolute Gasteiger partial charge is 0.139 e. The summed E-state index contributed by atoms with van der Waals surface area (Å²) in [6, 6.07) is 2.04. The summed E-state index contributed by atoms with van der Waals surface area (Å²) in [6.07, 6.45) is 10.1. The first kappa shape index (κ1) is 12.2. The van der Waals surface area contributed by atoms with Gasteiger partial charge in [0.2, 0.25) is 0 Å². The van der Waals surface area contributed by atoms with Gasteiger partial charge in [-0.05, 0) is 25.2 Å². The molecule has 1 heterocycles. The molecule has 0 aromatic carbocycles. The van der Waals surface area contributed by atoms with E-state index in [0.29, 0.717) is 0 Å². The molecule has 3 nitrogen and oxygen atoms in total. The molecule has 1 aromatic heterocycles. The van der Waals surface area contributed by atoms with E-state index in [-0.39, 0.29) is 0 Å². The van der Waals surface area contributed by atoms with Gasteiger partial charge in [-0.25, -0.2) is 0 Å². The van der Waals surface area contributed by atoms with Crippen molar-refractivity contribution in [2.75, 3.05) is 18.5 Å². The maximum absolute atomic E-state index is 5.81. The number of anilines is 1. The molecule has 1 saturated carbocycles. The standard InChI is InChI=1S/C14H22N2O/c1-2-7-16-13-8-14(10-15-9-13)17-11-12-5-3-4-6-12/h8-10,12,16H,2-7,11H2,1H3. The first-order chi connectivity index (χ1) is 8.38. The van der Waals surface area contributed by atoms with E-state index in [2.05, 4.69) is 17.2 Å². The van der Waals surface area contributed by atoms with Crippen molar-refractivity contribution in [3.63, 3.8) is 0 Å². The van der Waals surface area contributed by atoms with Crippen LogP contribution in [0.25, 0.3) is 0 Å². The van der Waals surface area contributed by atoms with E-state index in [9.17, 15) is 0 Å². The van der Waals surface area contributed by atoms with Crippen LogP contribution in [0.5, 0.6) is 5.75 Å². The van der Waals surface area contributed by atoms with Gasteiger partial charge >= 0.3 is 0 Å². The Balaban J connectivity index is 1.82. The largest absolute Gasteiger partial charge is 0.492 e. The second-order valence-electron chi connectivity index (χ2n) is 4.80. The highest BCUT2D eigenvalue weighted by atomic mass is 16.5. The lowest BCUT2D eigenvalue weighted by atomic mass is 10.1. The number of hydrogen-bond acceptors (Lipinski definition) is 3. The van der Waals surface area contributed by atoms with Gasteiger partial charge in [0.15, 0.2) is 0 Å². The molecule has 0 spiro atoms. The predicted octanol–water partition coefficient (Wildman–Crippen LogP) is 3.47. The molecule has 1 aliphatic carbocycles. The third-order valence-electron chi connectivity index (χ3n) is 3.25. The number of nitrogens with one attached hydrogen (secondary N) is 1. The highest BCUT2D eigenvalue weighted by Gasteiger charge is 2.15. The molecule has 0 amide bonds. The summed E-state index contributed by atoms with van der Waals surface area (Å²) in [5.41, 5.74) is 1.05. The van der Waals surface area contributed by atoms with Gasteiger partial charge in [-0.15, -0.1) is 0 Å². The molecule has 94 valence electrons. The number of aromatic nitrogens is 1. The van der Waals surface area contributed by atoms with Gasteiger partial charge < -0.3 is 10.1 Å². The van der Waals surface area contributed by atoms with E-state index in [1.54, 1.807) is 6.20 Å². The average Bonchev–Trinajstić information content (AvgIpc) is 2.87. The molecule has 0 atom stereocenters. The van der Waals surface area contributed by atoms with Crippen molar-refractivity contribution >= 4 is 5.69 Å². The molecule has 17 heavy (non-hydrogen) atoms. The number of pyridine rings is 1. The first-order valence-electron chi connectivity index (χ1n) is 6.70. The van der Waals surface area contributed by atoms with Gasteiger partial charge in [0.25, 0.3) is 0 Å². The van der Waals surface area contributed by atoms with Gasteiger partial charge in [0.1, 0.15) is 5.75 Å². The van der Waals surface area contributed by atoms with Gasteiger partial charge in [-0.2, -0.15) is 0 Å². The van der Waals surface area contributed by atoms with Crippen LogP contribution in [0.3, 0.4) is 0 Å². The monoisotopic (exact) mass is 234 g/mol. The van der Waals surface area contributed by atoms with Gasteiger partial charge in [0, 0.05) is 12.6 Å².